The molecule has 0 radical (unpaired) electrons. The molecule has 1 aliphatic rings. The van der Waals surface area contributed by atoms with Gasteiger partial charge in [-0.1, -0.05) is 23.4 Å². The topological polar surface area (TPSA) is 26.0 Å². The highest BCUT2D eigenvalue weighted by molar-refractivity contribution is 8.04. The maximum Gasteiger partial charge on any atom is 0.187 e. The van der Waals surface area contributed by atoms with E-state index in [9.17, 15) is 0 Å². The molecule has 0 bridgehead atoms. The lowest BCUT2D eigenvalue weighted by atomic mass is 10.3. The highest BCUT2D eigenvalue weighted by atomic mass is 35.5. The molecule has 0 aliphatic carbocycles. The molecule has 0 unspecified atom stereocenters. The summed E-state index contributed by atoms with van der Waals surface area (Å²) in [4.78, 5) is 5.88. The van der Waals surface area contributed by atoms with E-state index in [0.717, 1.165) is 18.1 Å². The second kappa shape index (κ2) is 7.07. The summed E-state index contributed by atoms with van der Waals surface area (Å²) >= 11 is 7.65. The molecule has 0 saturated carbocycles. The van der Waals surface area contributed by atoms with Crippen LogP contribution in [0.3, 0.4) is 0 Å². The Bertz CT molecular complexity index is 466. The van der Waals surface area contributed by atoms with Gasteiger partial charge in [-0.05, 0) is 31.2 Å². The summed E-state index contributed by atoms with van der Waals surface area (Å²) in [6, 6.07) is 7.94. The van der Waals surface area contributed by atoms with Crippen LogP contribution in [0.25, 0.3) is 0 Å². The van der Waals surface area contributed by atoms with E-state index in [-0.39, 0.29) is 12.4 Å². The minimum atomic E-state index is 0. The maximum absolute atomic E-state index is 5.89. The van der Waals surface area contributed by atoms with Gasteiger partial charge < -0.3 is 17.7 Å². The fourth-order valence-corrected chi connectivity index (χ4v) is 2.80. The first-order valence-corrected chi connectivity index (χ1v) is 6.82. The largest absolute Gasteiger partial charge is 1.00 e. The maximum atomic E-state index is 5.89. The summed E-state index contributed by atoms with van der Waals surface area (Å²) in [5, 5.41) is 4.18. The van der Waals surface area contributed by atoms with Crippen LogP contribution >= 0.6 is 23.4 Å². The predicted octanol–water partition coefficient (Wildman–Crippen LogP) is -1.19. The number of nitrogens with one attached hydrogen (secondary N) is 2. The Morgan fingerprint density at radius 2 is 1.89 bits per heavy atom. The number of thioether (sulfide) groups is 1. The quantitative estimate of drug-likeness (QED) is 0.719. The highest BCUT2D eigenvalue weighted by Crippen LogP contribution is 2.29. The van der Waals surface area contributed by atoms with Crippen molar-refractivity contribution < 1.29 is 17.4 Å². The van der Waals surface area contributed by atoms with Crippen molar-refractivity contribution in [3.63, 3.8) is 0 Å². The fraction of sp³-hybridized carbons (Fsp3) is 0.308. The van der Waals surface area contributed by atoms with Gasteiger partial charge >= 0.3 is 0 Å². The Hall–Kier alpha value is -0.640. The van der Waals surface area contributed by atoms with Crippen LogP contribution in [0, 0.1) is 0 Å². The Labute approximate surface area is 123 Å². The molecule has 5 heteroatoms. The van der Waals surface area contributed by atoms with Crippen molar-refractivity contribution in [2.45, 2.75) is 18.7 Å². The second-order valence-electron chi connectivity index (χ2n) is 3.99. The van der Waals surface area contributed by atoms with Gasteiger partial charge in [0.1, 0.15) is 0 Å². The standard InChI is InChI=1S/C13H15ClN2S.ClH/c1-9-13(10(2)16-8-7-15-9)17-12-5-3-11(14)4-6-12;/h3-6,15H,7-8H2,1-2H3;1H. The van der Waals surface area contributed by atoms with Gasteiger partial charge in [0.25, 0.3) is 0 Å². The SMILES string of the molecule is CC1=[NH+]CCNC(C)=C1Sc1ccc(Cl)cc1.[Cl-]. The molecule has 0 fully saturated rings. The van der Waals surface area contributed by atoms with Gasteiger partial charge in [0.05, 0.1) is 11.4 Å². The lowest BCUT2D eigenvalue weighted by molar-refractivity contribution is -0.453. The molecule has 98 valence electrons. The van der Waals surface area contributed by atoms with Gasteiger partial charge in [-0.25, -0.2) is 4.99 Å². The van der Waals surface area contributed by atoms with Crippen LogP contribution in [-0.2, 0) is 0 Å². The van der Waals surface area contributed by atoms with E-state index in [1.54, 1.807) is 11.8 Å². The second-order valence-corrected chi connectivity index (χ2v) is 5.51. The number of halogens is 2. The Kier molecular flexibility index (Phi) is 6.06. The van der Waals surface area contributed by atoms with E-state index in [2.05, 4.69) is 24.2 Å². The molecule has 2 nitrogen and oxygen atoms in total. The van der Waals surface area contributed by atoms with Crippen LogP contribution in [-0.4, -0.2) is 18.8 Å². The number of hydrogen-bond acceptors (Lipinski definition) is 2. The summed E-state index contributed by atoms with van der Waals surface area (Å²) < 4.78 is 0. The minimum Gasteiger partial charge on any atom is -1.00 e. The van der Waals surface area contributed by atoms with Gasteiger partial charge in [0.2, 0.25) is 0 Å². The number of benzene rings is 1. The molecular weight excluding hydrogens is 287 g/mol. The molecule has 1 aliphatic heterocycles. The molecule has 0 saturated heterocycles. The molecule has 2 N–H and O–H groups in total. The summed E-state index contributed by atoms with van der Waals surface area (Å²) in [6.07, 6.45) is 0. The number of allylic oxidation sites excluding steroid dienone is 2. The first-order chi connectivity index (χ1) is 8.16. The van der Waals surface area contributed by atoms with Crippen LogP contribution < -0.4 is 22.7 Å². The molecule has 0 atom stereocenters. The van der Waals surface area contributed by atoms with Crippen LogP contribution in [0.15, 0.2) is 39.8 Å². The third-order valence-corrected chi connectivity index (χ3v) is 4.20. The van der Waals surface area contributed by atoms with Crippen molar-refractivity contribution in [2.24, 2.45) is 0 Å². The minimum absolute atomic E-state index is 0. The third kappa shape index (κ3) is 3.94. The molecule has 18 heavy (non-hydrogen) atoms. The van der Waals surface area contributed by atoms with Crippen LogP contribution in [0.2, 0.25) is 5.02 Å². The fourth-order valence-electron chi connectivity index (χ4n) is 1.72. The van der Waals surface area contributed by atoms with Crippen molar-refractivity contribution in [2.75, 3.05) is 13.1 Å². The predicted molar refractivity (Wildman–Crippen MR) is 74.5 cm³/mol. The monoisotopic (exact) mass is 302 g/mol. The number of hydrogen-bond donors (Lipinski definition) is 2. The normalized spacial score (nSPS) is 15.4. The summed E-state index contributed by atoms with van der Waals surface area (Å²) in [5.74, 6) is 0. The van der Waals surface area contributed by atoms with Gasteiger partial charge in [-0.3, -0.25) is 0 Å². The molecule has 0 amide bonds. The molecular formula is C13H16Cl2N2S. The molecule has 2 rings (SSSR count). The number of rotatable bonds is 2. The van der Waals surface area contributed by atoms with Crippen molar-refractivity contribution in [1.29, 1.82) is 0 Å². The van der Waals surface area contributed by atoms with Crippen molar-refractivity contribution in [3.8, 4) is 0 Å². The molecule has 1 heterocycles. The van der Waals surface area contributed by atoms with E-state index < -0.39 is 0 Å². The Balaban J connectivity index is 0.00000162. The van der Waals surface area contributed by atoms with E-state index in [0.29, 0.717) is 0 Å². The summed E-state index contributed by atoms with van der Waals surface area (Å²) in [6.45, 7) is 6.17. The van der Waals surface area contributed by atoms with E-state index >= 15 is 0 Å². The van der Waals surface area contributed by atoms with Crippen molar-refractivity contribution in [1.82, 2.24) is 5.32 Å². The van der Waals surface area contributed by atoms with Crippen LogP contribution in [0.4, 0.5) is 0 Å². The van der Waals surface area contributed by atoms with E-state index in [1.165, 1.54) is 21.2 Å². The van der Waals surface area contributed by atoms with Crippen molar-refractivity contribution in [3.05, 3.63) is 39.9 Å². The summed E-state index contributed by atoms with van der Waals surface area (Å²) in [5.41, 5.74) is 2.46. The zero-order valence-electron chi connectivity index (χ0n) is 10.4. The lowest BCUT2D eigenvalue weighted by Crippen LogP contribution is -3.00. The third-order valence-electron chi connectivity index (χ3n) is 2.62. The van der Waals surface area contributed by atoms with Gasteiger partial charge in [-0.2, -0.15) is 0 Å². The average molecular weight is 303 g/mol. The smallest absolute Gasteiger partial charge is 0.187 e. The lowest BCUT2D eigenvalue weighted by Gasteiger charge is -2.07. The van der Waals surface area contributed by atoms with E-state index in [1.807, 2.05) is 24.3 Å². The van der Waals surface area contributed by atoms with Crippen molar-refractivity contribution >= 4 is 29.1 Å². The Morgan fingerprint density at radius 1 is 1.22 bits per heavy atom. The first-order valence-electron chi connectivity index (χ1n) is 5.63. The van der Waals surface area contributed by atoms with Gasteiger partial charge in [0.15, 0.2) is 12.3 Å². The van der Waals surface area contributed by atoms with Crippen LogP contribution in [0.5, 0.6) is 0 Å². The summed E-state index contributed by atoms with van der Waals surface area (Å²) in [7, 11) is 0. The average Bonchev–Trinajstić information content (AvgIpc) is 2.47. The zero-order chi connectivity index (χ0) is 12.3. The molecule has 1 aromatic carbocycles. The molecule has 0 spiro atoms. The molecule has 0 aromatic heterocycles. The molecule has 1 aromatic rings. The van der Waals surface area contributed by atoms with Crippen LogP contribution in [0.1, 0.15) is 13.8 Å². The van der Waals surface area contributed by atoms with E-state index in [4.69, 9.17) is 11.6 Å². The highest BCUT2D eigenvalue weighted by Gasteiger charge is 2.15. The Morgan fingerprint density at radius 3 is 2.56 bits per heavy atom. The van der Waals surface area contributed by atoms with Gasteiger partial charge in [0, 0.05) is 22.5 Å². The first kappa shape index (κ1) is 15.4. The van der Waals surface area contributed by atoms with Gasteiger partial charge in [-0.15, -0.1) is 0 Å². The zero-order valence-corrected chi connectivity index (χ0v) is 12.7.